The van der Waals surface area contributed by atoms with Crippen LogP contribution in [0, 0.1) is 0 Å². The van der Waals surface area contributed by atoms with E-state index in [1.807, 2.05) is 6.08 Å². The van der Waals surface area contributed by atoms with Gasteiger partial charge in [-0.1, -0.05) is 0 Å². The molecule has 1 N–H and O–H groups in total. The van der Waals surface area contributed by atoms with E-state index < -0.39 is 0 Å². The van der Waals surface area contributed by atoms with Crippen molar-refractivity contribution in [3.63, 3.8) is 0 Å². The number of ether oxygens (including phenoxy) is 1. The van der Waals surface area contributed by atoms with Gasteiger partial charge >= 0.3 is 0 Å². The second kappa shape index (κ2) is 5.75. The first-order valence-electron chi connectivity index (χ1n) is 5.37. The third kappa shape index (κ3) is 3.91. The molecule has 0 fully saturated rings. The van der Waals surface area contributed by atoms with Crippen LogP contribution in [0.5, 0.6) is 0 Å². The van der Waals surface area contributed by atoms with Crippen molar-refractivity contribution in [3.05, 3.63) is 11.8 Å². The van der Waals surface area contributed by atoms with Crippen molar-refractivity contribution >= 4 is 5.91 Å². The van der Waals surface area contributed by atoms with E-state index in [0.29, 0.717) is 25.3 Å². The molecule has 0 aromatic rings. The van der Waals surface area contributed by atoms with Gasteiger partial charge in [0, 0.05) is 13.6 Å². The Morgan fingerprint density at radius 2 is 2.47 bits per heavy atom. The molecule has 1 aliphatic rings. The number of carbonyl (C=O) groups excluding carboxylic acids is 1. The second-order valence-electron chi connectivity index (χ2n) is 3.92. The summed E-state index contributed by atoms with van der Waals surface area (Å²) in [5, 5.41) is 9.11. The molecular formula is C11H19NO3. The number of allylic oxidation sites excluding steroid dienone is 1. The number of nitrogens with zero attached hydrogens (tertiary/aromatic N) is 1. The highest BCUT2D eigenvalue weighted by Gasteiger charge is 2.18. The van der Waals surface area contributed by atoms with Crippen LogP contribution in [0.25, 0.3) is 0 Å². The molecule has 1 amide bonds. The van der Waals surface area contributed by atoms with Crippen LogP contribution in [0.4, 0.5) is 0 Å². The van der Waals surface area contributed by atoms with E-state index in [2.05, 4.69) is 0 Å². The largest absolute Gasteiger partial charge is 0.488 e. The maximum atomic E-state index is 11.8. The SMILES string of the molecule is CC(O)CCN(C)C(=O)C1=CCCCO1. The van der Waals surface area contributed by atoms with Gasteiger partial charge in [-0.3, -0.25) is 4.79 Å². The third-order valence-corrected chi connectivity index (χ3v) is 2.38. The summed E-state index contributed by atoms with van der Waals surface area (Å²) < 4.78 is 5.28. The predicted molar refractivity (Wildman–Crippen MR) is 57.2 cm³/mol. The molecule has 0 aliphatic carbocycles. The second-order valence-corrected chi connectivity index (χ2v) is 3.92. The van der Waals surface area contributed by atoms with Gasteiger partial charge in [-0.15, -0.1) is 0 Å². The molecule has 0 radical (unpaired) electrons. The summed E-state index contributed by atoms with van der Waals surface area (Å²) >= 11 is 0. The van der Waals surface area contributed by atoms with E-state index in [-0.39, 0.29) is 12.0 Å². The fourth-order valence-corrected chi connectivity index (χ4v) is 1.38. The fraction of sp³-hybridized carbons (Fsp3) is 0.727. The van der Waals surface area contributed by atoms with Crippen molar-refractivity contribution in [2.45, 2.75) is 32.3 Å². The smallest absolute Gasteiger partial charge is 0.288 e. The van der Waals surface area contributed by atoms with E-state index >= 15 is 0 Å². The van der Waals surface area contributed by atoms with Gasteiger partial charge in [0.15, 0.2) is 5.76 Å². The Hall–Kier alpha value is -1.03. The average Bonchev–Trinajstić information content (AvgIpc) is 2.26. The quantitative estimate of drug-likeness (QED) is 0.755. The molecule has 1 unspecified atom stereocenters. The molecule has 1 rings (SSSR count). The van der Waals surface area contributed by atoms with E-state index in [1.54, 1.807) is 18.9 Å². The van der Waals surface area contributed by atoms with Crippen molar-refractivity contribution in [2.24, 2.45) is 0 Å². The van der Waals surface area contributed by atoms with Crippen LogP contribution in [0.3, 0.4) is 0 Å². The number of rotatable bonds is 4. The van der Waals surface area contributed by atoms with Gasteiger partial charge < -0.3 is 14.7 Å². The van der Waals surface area contributed by atoms with Crippen LogP contribution >= 0.6 is 0 Å². The first-order chi connectivity index (χ1) is 7.11. The Bertz CT molecular complexity index is 248. The molecule has 15 heavy (non-hydrogen) atoms. The number of amides is 1. The number of hydrogen-bond acceptors (Lipinski definition) is 3. The van der Waals surface area contributed by atoms with Crippen molar-refractivity contribution < 1.29 is 14.6 Å². The molecule has 4 nitrogen and oxygen atoms in total. The van der Waals surface area contributed by atoms with E-state index in [9.17, 15) is 4.79 Å². The van der Waals surface area contributed by atoms with Crippen molar-refractivity contribution in [1.29, 1.82) is 0 Å². The summed E-state index contributed by atoms with van der Waals surface area (Å²) in [5.74, 6) is 0.365. The Balaban J connectivity index is 2.41. The number of likely N-dealkylation sites (N-methyl/N-ethyl adjacent to an activating group) is 1. The summed E-state index contributed by atoms with van der Waals surface area (Å²) in [6, 6.07) is 0. The van der Waals surface area contributed by atoms with Crippen LogP contribution < -0.4 is 0 Å². The van der Waals surface area contributed by atoms with Gasteiger partial charge in [-0.05, 0) is 32.3 Å². The average molecular weight is 213 g/mol. The van der Waals surface area contributed by atoms with E-state index in [4.69, 9.17) is 9.84 Å². The van der Waals surface area contributed by atoms with Crippen LogP contribution in [-0.4, -0.2) is 42.2 Å². The lowest BCUT2D eigenvalue weighted by atomic mass is 10.2. The maximum absolute atomic E-state index is 11.8. The lowest BCUT2D eigenvalue weighted by Crippen LogP contribution is -2.32. The standard InChI is InChI=1S/C11H19NO3/c1-9(13)6-7-12(2)11(14)10-5-3-4-8-15-10/h5,9,13H,3-4,6-8H2,1-2H3. The Kier molecular flexibility index (Phi) is 4.62. The molecule has 0 bridgehead atoms. The first kappa shape index (κ1) is 12.0. The van der Waals surface area contributed by atoms with E-state index in [1.165, 1.54) is 0 Å². The predicted octanol–water partition coefficient (Wildman–Crippen LogP) is 0.910. The lowest BCUT2D eigenvalue weighted by molar-refractivity contribution is -0.130. The zero-order chi connectivity index (χ0) is 11.3. The van der Waals surface area contributed by atoms with Gasteiger partial charge in [-0.2, -0.15) is 0 Å². The summed E-state index contributed by atoms with van der Waals surface area (Å²) in [5.41, 5.74) is 0. The molecule has 0 aromatic carbocycles. The van der Waals surface area contributed by atoms with Crippen LogP contribution in [0.15, 0.2) is 11.8 Å². The summed E-state index contributed by atoms with van der Waals surface area (Å²) in [6.45, 7) is 2.90. The Morgan fingerprint density at radius 3 is 3.00 bits per heavy atom. The van der Waals surface area contributed by atoms with Crippen molar-refractivity contribution in [2.75, 3.05) is 20.2 Å². The molecule has 86 valence electrons. The molecule has 1 atom stereocenters. The third-order valence-electron chi connectivity index (χ3n) is 2.38. The minimum atomic E-state index is -0.374. The summed E-state index contributed by atoms with van der Waals surface area (Å²) in [4.78, 5) is 13.3. The summed E-state index contributed by atoms with van der Waals surface area (Å²) in [7, 11) is 1.73. The number of carbonyl (C=O) groups is 1. The van der Waals surface area contributed by atoms with Gasteiger partial charge in [-0.25, -0.2) is 0 Å². The lowest BCUT2D eigenvalue weighted by Gasteiger charge is -2.21. The van der Waals surface area contributed by atoms with Crippen LogP contribution in [0.1, 0.15) is 26.2 Å². The Morgan fingerprint density at radius 1 is 1.73 bits per heavy atom. The first-order valence-corrected chi connectivity index (χ1v) is 5.37. The molecule has 1 aliphatic heterocycles. The summed E-state index contributed by atoms with van der Waals surface area (Å²) in [6.07, 6.45) is 3.95. The van der Waals surface area contributed by atoms with Gasteiger partial charge in [0.05, 0.1) is 12.7 Å². The van der Waals surface area contributed by atoms with Gasteiger partial charge in [0.2, 0.25) is 0 Å². The topological polar surface area (TPSA) is 49.8 Å². The van der Waals surface area contributed by atoms with Gasteiger partial charge in [0.1, 0.15) is 0 Å². The minimum Gasteiger partial charge on any atom is -0.488 e. The highest BCUT2D eigenvalue weighted by molar-refractivity contribution is 5.91. The minimum absolute atomic E-state index is 0.0876. The molecule has 1 heterocycles. The molecule has 0 saturated carbocycles. The Labute approximate surface area is 90.5 Å². The molecule has 0 saturated heterocycles. The molecule has 0 spiro atoms. The van der Waals surface area contributed by atoms with Crippen molar-refractivity contribution in [3.8, 4) is 0 Å². The normalized spacial score (nSPS) is 17.7. The van der Waals surface area contributed by atoms with E-state index in [0.717, 1.165) is 12.8 Å². The molecule has 0 aromatic heterocycles. The zero-order valence-corrected chi connectivity index (χ0v) is 9.40. The number of hydrogen-bond donors (Lipinski definition) is 1. The van der Waals surface area contributed by atoms with Crippen molar-refractivity contribution in [1.82, 2.24) is 4.90 Å². The zero-order valence-electron chi connectivity index (χ0n) is 9.40. The highest BCUT2D eigenvalue weighted by atomic mass is 16.5. The van der Waals surface area contributed by atoms with Crippen LogP contribution in [-0.2, 0) is 9.53 Å². The highest BCUT2D eigenvalue weighted by Crippen LogP contribution is 2.12. The number of aliphatic hydroxyl groups excluding tert-OH is 1. The number of aliphatic hydroxyl groups is 1. The molecule has 4 heteroatoms. The van der Waals surface area contributed by atoms with Crippen LogP contribution in [0.2, 0.25) is 0 Å². The maximum Gasteiger partial charge on any atom is 0.288 e. The monoisotopic (exact) mass is 213 g/mol. The fourth-order valence-electron chi connectivity index (χ4n) is 1.38. The molecular weight excluding hydrogens is 194 g/mol. The van der Waals surface area contributed by atoms with Gasteiger partial charge in [0.25, 0.3) is 5.91 Å².